The number of carbonyl (C=O) groups excluding carboxylic acids is 3. The maximum atomic E-state index is 12.7. The van der Waals surface area contributed by atoms with Crippen LogP contribution in [0.15, 0.2) is 29.1 Å². The number of amides is 2. The van der Waals surface area contributed by atoms with Crippen LogP contribution in [0, 0.1) is 5.92 Å². The molecule has 2 heterocycles. The largest absolute Gasteiger partial charge is 0.481 e. The number of anilines is 3. The van der Waals surface area contributed by atoms with Gasteiger partial charge in [0.05, 0.1) is 11.5 Å². The zero-order valence-electron chi connectivity index (χ0n) is 22.7. The molecule has 1 aromatic carbocycles. The summed E-state index contributed by atoms with van der Waals surface area (Å²) >= 11 is 0. The van der Waals surface area contributed by atoms with E-state index in [4.69, 9.17) is 15.9 Å². The molecule has 0 fully saturated rings. The van der Waals surface area contributed by atoms with E-state index in [-0.39, 0.29) is 48.2 Å². The zero-order chi connectivity index (χ0) is 31.7. The van der Waals surface area contributed by atoms with E-state index in [0.29, 0.717) is 18.5 Å². The molecule has 17 nitrogen and oxygen atoms in total. The van der Waals surface area contributed by atoms with Crippen molar-refractivity contribution < 1.29 is 44.1 Å². The van der Waals surface area contributed by atoms with Crippen molar-refractivity contribution in [2.24, 2.45) is 5.92 Å². The molecule has 10 N–H and O–H groups in total. The van der Waals surface area contributed by atoms with Crippen LogP contribution in [0.3, 0.4) is 0 Å². The third-order valence-electron chi connectivity index (χ3n) is 6.75. The predicted molar refractivity (Wildman–Crippen MR) is 150 cm³/mol. The predicted octanol–water partition coefficient (Wildman–Crippen LogP) is -0.814. The van der Waals surface area contributed by atoms with Gasteiger partial charge in [-0.2, -0.15) is 4.98 Å². The topological polar surface area (TPSA) is 283 Å². The van der Waals surface area contributed by atoms with Crippen LogP contribution in [-0.4, -0.2) is 86.5 Å². The number of carboxylic acid groups (broad SMARTS) is 3. The number of nitrogen functional groups attached to an aromatic ring is 1. The maximum absolute atomic E-state index is 12.7. The third-order valence-corrected chi connectivity index (χ3v) is 6.75. The van der Waals surface area contributed by atoms with Gasteiger partial charge in [0.2, 0.25) is 11.9 Å². The Bertz CT molecular complexity index is 1440. The zero-order valence-corrected chi connectivity index (χ0v) is 22.7. The van der Waals surface area contributed by atoms with Crippen molar-refractivity contribution in [1.29, 1.82) is 0 Å². The highest BCUT2D eigenvalue weighted by molar-refractivity contribution is 5.97. The molecule has 17 heteroatoms. The standard InChI is InChI=1S/C26H31N7O10/c27-26-32-21-20(23(39)33-26)15(11-34)13(10-29-21)9-28-14-3-1-12(2-4-14)22(38)31-17(25(42)43)5-7-18(35)30-16(24(40)41)6-8-19(36)37/h1-4,11,13,15-17,28H,5-10H2,(H,30,35)(H,31,38)(H,36,37)(H,40,41)(H,42,43)(H4,27,29,32,33,39)/t13-,15?,16+,17+/m1/s1. The number of aldehydes is 1. The van der Waals surface area contributed by atoms with Gasteiger partial charge in [0, 0.05) is 43.1 Å². The second-order valence-electron chi connectivity index (χ2n) is 9.77. The van der Waals surface area contributed by atoms with E-state index in [1.165, 1.54) is 12.1 Å². The van der Waals surface area contributed by atoms with Crippen molar-refractivity contribution in [3.8, 4) is 0 Å². The van der Waals surface area contributed by atoms with Crippen LogP contribution >= 0.6 is 0 Å². The van der Waals surface area contributed by atoms with Crippen LogP contribution in [0.5, 0.6) is 0 Å². The molecular weight excluding hydrogens is 570 g/mol. The molecule has 2 aromatic rings. The van der Waals surface area contributed by atoms with Crippen LogP contribution in [0.2, 0.25) is 0 Å². The molecule has 43 heavy (non-hydrogen) atoms. The molecule has 3 rings (SSSR count). The summed E-state index contributed by atoms with van der Waals surface area (Å²) in [5.74, 6) is -6.49. The van der Waals surface area contributed by atoms with Crippen molar-refractivity contribution in [2.45, 2.75) is 43.7 Å². The van der Waals surface area contributed by atoms with E-state index in [2.05, 4.69) is 31.2 Å². The number of aliphatic carboxylic acids is 3. The third kappa shape index (κ3) is 8.75. The maximum Gasteiger partial charge on any atom is 0.326 e. The minimum atomic E-state index is -1.46. The number of carbonyl (C=O) groups is 6. The van der Waals surface area contributed by atoms with Crippen molar-refractivity contribution >= 4 is 53.5 Å². The smallest absolute Gasteiger partial charge is 0.326 e. The molecule has 1 aromatic heterocycles. The van der Waals surface area contributed by atoms with Gasteiger partial charge < -0.3 is 47.1 Å². The molecule has 1 aliphatic heterocycles. The van der Waals surface area contributed by atoms with Crippen molar-refractivity contribution in [3.05, 3.63) is 45.7 Å². The van der Waals surface area contributed by atoms with Crippen molar-refractivity contribution in [1.82, 2.24) is 20.6 Å². The summed E-state index contributed by atoms with van der Waals surface area (Å²) in [7, 11) is 0. The van der Waals surface area contributed by atoms with Crippen molar-refractivity contribution in [3.63, 3.8) is 0 Å². The number of hydrogen-bond acceptors (Lipinski definition) is 11. The molecule has 0 saturated carbocycles. The Hall–Kier alpha value is -5.48. The lowest BCUT2D eigenvalue weighted by molar-refractivity contribution is -0.143. The molecule has 230 valence electrons. The number of rotatable bonds is 15. The second-order valence-corrected chi connectivity index (χ2v) is 9.77. The Morgan fingerprint density at radius 3 is 2.23 bits per heavy atom. The summed E-state index contributed by atoms with van der Waals surface area (Å²) in [5.41, 5.74) is 5.96. The number of fused-ring (bicyclic) bond motifs is 1. The van der Waals surface area contributed by atoms with Gasteiger partial charge in [-0.3, -0.25) is 24.2 Å². The molecule has 0 aliphatic carbocycles. The van der Waals surface area contributed by atoms with Gasteiger partial charge in [-0.05, 0) is 37.1 Å². The first-order valence-corrected chi connectivity index (χ1v) is 13.1. The molecule has 0 bridgehead atoms. The highest BCUT2D eigenvalue weighted by Gasteiger charge is 2.33. The first-order valence-electron chi connectivity index (χ1n) is 13.1. The van der Waals surface area contributed by atoms with Crippen LogP contribution in [0.4, 0.5) is 17.5 Å². The summed E-state index contributed by atoms with van der Waals surface area (Å²) in [6.07, 6.45) is -0.942. The number of nitrogens with two attached hydrogens (primary N) is 1. The fourth-order valence-corrected chi connectivity index (χ4v) is 4.47. The average molecular weight is 602 g/mol. The molecule has 0 saturated heterocycles. The van der Waals surface area contributed by atoms with Crippen LogP contribution in [0.25, 0.3) is 0 Å². The van der Waals surface area contributed by atoms with Gasteiger partial charge in [0.15, 0.2) is 0 Å². The number of hydrogen-bond donors (Lipinski definition) is 9. The molecule has 0 spiro atoms. The lowest BCUT2D eigenvalue weighted by Crippen LogP contribution is -2.44. The second kappa shape index (κ2) is 14.4. The highest BCUT2D eigenvalue weighted by Crippen LogP contribution is 2.30. The van der Waals surface area contributed by atoms with E-state index in [0.717, 1.165) is 0 Å². The van der Waals surface area contributed by atoms with Crippen LogP contribution < -0.4 is 32.6 Å². The van der Waals surface area contributed by atoms with Crippen LogP contribution in [0.1, 0.15) is 47.5 Å². The van der Waals surface area contributed by atoms with E-state index in [1.54, 1.807) is 12.1 Å². The van der Waals surface area contributed by atoms with Gasteiger partial charge in [-0.25, -0.2) is 9.59 Å². The van der Waals surface area contributed by atoms with Crippen LogP contribution in [-0.2, 0) is 24.0 Å². The Morgan fingerprint density at radius 1 is 1.00 bits per heavy atom. The number of benzene rings is 1. The number of carboxylic acids is 3. The lowest BCUT2D eigenvalue weighted by Gasteiger charge is -2.30. The Balaban J connectivity index is 1.54. The number of nitrogens with one attached hydrogen (secondary N) is 5. The van der Waals surface area contributed by atoms with Crippen molar-refractivity contribution in [2.75, 3.05) is 29.5 Å². The Morgan fingerprint density at radius 2 is 1.63 bits per heavy atom. The first kappa shape index (κ1) is 32.0. The Labute approximate surface area is 243 Å². The summed E-state index contributed by atoms with van der Waals surface area (Å²) < 4.78 is 0. The van der Waals surface area contributed by atoms with Gasteiger partial charge in [-0.1, -0.05) is 0 Å². The number of H-pyrrole nitrogens is 1. The minimum absolute atomic E-state index is 0.0689. The number of aromatic amines is 1. The van der Waals surface area contributed by atoms with E-state index in [9.17, 15) is 38.7 Å². The average Bonchev–Trinajstić information content (AvgIpc) is 2.95. The molecule has 1 unspecified atom stereocenters. The SMILES string of the molecule is Nc1nc2c(c(=O)[nH]1)C(C=O)[C@H](CNc1ccc(C(=O)N[C@@H](CCC(=O)N[C@@H](CCC(=O)O)C(=O)O)C(=O)O)cc1)CN2. The summed E-state index contributed by atoms with van der Waals surface area (Å²) in [4.78, 5) is 89.0. The number of nitrogens with zero attached hydrogens (tertiary/aromatic N) is 1. The van der Waals surface area contributed by atoms with E-state index < -0.39 is 66.1 Å². The summed E-state index contributed by atoms with van der Waals surface area (Å²) in [6, 6.07) is 3.08. The molecule has 4 atom stereocenters. The monoisotopic (exact) mass is 601 g/mol. The highest BCUT2D eigenvalue weighted by atomic mass is 16.4. The summed E-state index contributed by atoms with van der Waals surface area (Å²) in [6.45, 7) is 0.626. The fourth-order valence-electron chi connectivity index (χ4n) is 4.47. The lowest BCUT2D eigenvalue weighted by atomic mass is 9.85. The van der Waals surface area contributed by atoms with E-state index in [1.807, 2.05) is 0 Å². The molecular formula is C26H31N7O10. The number of aromatic nitrogens is 2. The summed E-state index contributed by atoms with van der Waals surface area (Å²) in [5, 5.41) is 37.9. The van der Waals surface area contributed by atoms with E-state index >= 15 is 0 Å². The van der Waals surface area contributed by atoms with Gasteiger partial charge in [0.25, 0.3) is 11.5 Å². The Kier molecular flexibility index (Phi) is 10.7. The van der Waals surface area contributed by atoms with Gasteiger partial charge >= 0.3 is 17.9 Å². The normalized spacial score (nSPS) is 16.8. The fraction of sp³-hybridized carbons (Fsp3) is 0.385. The molecule has 1 aliphatic rings. The minimum Gasteiger partial charge on any atom is -0.481 e. The molecule has 2 amide bonds. The first-order chi connectivity index (χ1) is 20.4. The van der Waals surface area contributed by atoms with Gasteiger partial charge in [-0.15, -0.1) is 0 Å². The van der Waals surface area contributed by atoms with Gasteiger partial charge in [0.1, 0.15) is 24.2 Å². The molecule has 0 radical (unpaired) electrons. The quantitative estimate of drug-likeness (QED) is 0.113.